The maximum Gasteiger partial charge on any atom is 0.410 e. The number of methoxy groups -OCH3 is 3. The highest BCUT2D eigenvalue weighted by Crippen LogP contribution is 2.45. The van der Waals surface area contributed by atoms with Crippen LogP contribution in [0.3, 0.4) is 0 Å². The predicted octanol–water partition coefficient (Wildman–Crippen LogP) is 5.16. The molecule has 0 atom stereocenters. The second kappa shape index (κ2) is 11.6. The van der Waals surface area contributed by atoms with Gasteiger partial charge in [0.1, 0.15) is 18.0 Å². The van der Waals surface area contributed by atoms with Crippen molar-refractivity contribution in [3.05, 3.63) is 53.9 Å². The van der Waals surface area contributed by atoms with E-state index in [0.717, 1.165) is 24.8 Å². The van der Waals surface area contributed by atoms with Crippen molar-refractivity contribution < 1.29 is 37.3 Å². The Labute approximate surface area is 248 Å². The summed E-state index contributed by atoms with van der Waals surface area (Å²) in [5, 5.41) is 3.12. The summed E-state index contributed by atoms with van der Waals surface area (Å²) >= 11 is 0. The number of rotatable bonds is 9. The molecule has 230 valence electrons. The Bertz CT molecular complexity index is 1460. The van der Waals surface area contributed by atoms with Crippen LogP contribution in [0.15, 0.2) is 36.7 Å². The van der Waals surface area contributed by atoms with Gasteiger partial charge in [0.15, 0.2) is 28.9 Å². The number of likely N-dealkylation sites (tertiary alicyclic amines) is 1. The number of nitrogens with zero attached hydrogens (tertiary/aromatic N) is 4. The van der Waals surface area contributed by atoms with Crippen LogP contribution in [0.5, 0.6) is 23.0 Å². The number of carbonyl (C=O) groups excluding carboxylic acids is 1. The largest absolute Gasteiger partial charge is 0.495 e. The Hall–Kier alpha value is -4.55. The maximum atomic E-state index is 14.6. The van der Waals surface area contributed by atoms with Crippen molar-refractivity contribution in [1.82, 2.24) is 14.9 Å². The van der Waals surface area contributed by atoms with Crippen LogP contribution in [0.1, 0.15) is 26.3 Å². The third kappa shape index (κ3) is 6.30. The minimum atomic E-state index is -0.874. The van der Waals surface area contributed by atoms with Crippen molar-refractivity contribution in [2.75, 3.05) is 57.7 Å². The van der Waals surface area contributed by atoms with Gasteiger partial charge in [-0.05, 0) is 32.9 Å². The van der Waals surface area contributed by atoms with Gasteiger partial charge in [0, 0.05) is 49.4 Å². The molecule has 0 saturated carbocycles. The van der Waals surface area contributed by atoms with Gasteiger partial charge in [-0.3, -0.25) is 0 Å². The summed E-state index contributed by atoms with van der Waals surface area (Å²) < 4.78 is 55.8. The van der Waals surface area contributed by atoms with Crippen molar-refractivity contribution in [3.8, 4) is 23.0 Å². The molecule has 3 aromatic rings. The van der Waals surface area contributed by atoms with Gasteiger partial charge in [-0.2, -0.15) is 0 Å². The molecule has 2 aromatic carbocycles. The van der Waals surface area contributed by atoms with Crippen LogP contribution < -0.4 is 29.2 Å². The lowest BCUT2D eigenvalue weighted by molar-refractivity contribution is -0.0453. The second-order valence-corrected chi connectivity index (χ2v) is 11.6. The van der Waals surface area contributed by atoms with Gasteiger partial charge in [-0.25, -0.2) is 23.5 Å². The minimum absolute atomic E-state index is 0.0761. The summed E-state index contributed by atoms with van der Waals surface area (Å²) in [6, 6.07) is 6.84. The number of carbonyl (C=O) groups is 1. The Kier molecular flexibility index (Phi) is 8.08. The average Bonchev–Trinajstić information content (AvgIpc) is 2.92. The molecular formula is C30H35F2N5O6. The first kappa shape index (κ1) is 29.9. The Morgan fingerprint density at radius 2 is 1.53 bits per heavy atom. The van der Waals surface area contributed by atoms with E-state index in [1.165, 1.54) is 26.6 Å². The SMILES string of the molecule is COc1cc(Nc2ncc(OCc3c(F)c(OC)cc(OC)c3F)cn2)ccc1N1CC2(CN(C(=O)OC(C)(C)C)C2)C1. The molecule has 1 spiro atoms. The lowest BCUT2D eigenvalue weighted by atomic mass is 9.73. The molecule has 1 amide bonds. The molecule has 5 rings (SSSR count). The number of halogens is 2. The van der Waals surface area contributed by atoms with Crippen molar-refractivity contribution in [1.29, 1.82) is 0 Å². The highest BCUT2D eigenvalue weighted by molar-refractivity contribution is 5.71. The summed E-state index contributed by atoms with van der Waals surface area (Å²) in [6.07, 6.45) is 2.52. The highest BCUT2D eigenvalue weighted by atomic mass is 19.1. The summed E-state index contributed by atoms with van der Waals surface area (Å²) in [6.45, 7) is 8.15. The molecule has 1 N–H and O–H groups in total. The maximum absolute atomic E-state index is 14.6. The Morgan fingerprint density at radius 3 is 2.09 bits per heavy atom. The molecule has 11 nitrogen and oxygen atoms in total. The van der Waals surface area contributed by atoms with Gasteiger partial charge < -0.3 is 38.8 Å². The first-order chi connectivity index (χ1) is 20.4. The number of aromatic nitrogens is 2. The minimum Gasteiger partial charge on any atom is -0.495 e. The fraction of sp³-hybridized carbons (Fsp3) is 0.433. The molecule has 0 aliphatic carbocycles. The van der Waals surface area contributed by atoms with Gasteiger partial charge in [0.25, 0.3) is 0 Å². The van der Waals surface area contributed by atoms with E-state index in [1.807, 2.05) is 39.0 Å². The molecule has 3 heterocycles. The number of ether oxygens (including phenoxy) is 5. The first-order valence-electron chi connectivity index (χ1n) is 13.7. The summed E-state index contributed by atoms with van der Waals surface area (Å²) in [5.74, 6) is -0.872. The normalized spacial score (nSPS) is 15.3. The number of anilines is 3. The molecule has 2 fully saturated rings. The van der Waals surface area contributed by atoms with E-state index in [0.29, 0.717) is 30.5 Å². The molecule has 2 aliphatic heterocycles. The van der Waals surface area contributed by atoms with E-state index in [4.69, 9.17) is 23.7 Å². The molecular weight excluding hydrogens is 564 g/mol. The van der Waals surface area contributed by atoms with Crippen LogP contribution in [0, 0.1) is 17.0 Å². The quantitative estimate of drug-likeness (QED) is 0.354. The lowest BCUT2D eigenvalue weighted by Gasteiger charge is -2.60. The highest BCUT2D eigenvalue weighted by Gasteiger charge is 2.54. The van der Waals surface area contributed by atoms with Crippen LogP contribution in [0.2, 0.25) is 0 Å². The van der Waals surface area contributed by atoms with Crippen molar-refractivity contribution in [2.24, 2.45) is 5.41 Å². The monoisotopic (exact) mass is 599 g/mol. The van der Waals surface area contributed by atoms with Gasteiger partial charge in [0.05, 0.1) is 45.0 Å². The van der Waals surface area contributed by atoms with E-state index in [2.05, 4.69) is 20.2 Å². The molecule has 1 aromatic heterocycles. The summed E-state index contributed by atoms with van der Waals surface area (Å²) in [7, 11) is 4.17. The average molecular weight is 600 g/mol. The molecule has 43 heavy (non-hydrogen) atoms. The Morgan fingerprint density at radius 1 is 0.930 bits per heavy atom. The van der Waals surface area contributed by atoms with Gasteiger partial charge >= 0.3 is 6.09 Å². The summed E-state index contributed by atoms with van der Waals surface area (Å²) in [5.41, 5.74) is 0.886. The van der Waals surface area contributed by atoms with E-state index >= 15 is 0 Å². The third-order valence-electron chi connectivity index (χ3n) is 7.21. The van der Waals surface area contributed by atoms with Crippen LogP contribution in [-0.4, -0.2) is 74.1 Å². The van der Waals surface area contributed by atoms with Crippen molar-refractivity contribution >= 4 is 23.4 Å². The zero-order valence-electron chi connectivity index (χ0n) is 25.0. The third-order valence-corrected chi connectivity index (χ3v) is 7.21. The van der Waals surface area contributed by atoms with Crippen LogP contribution in [-0.2, 0) is 11.3 Å². The molecule has 0 bridgehead atoms. The summed E-state index contributed by atoms with van der Waals surface area (Å²) in [4.78, 5) is 24.8. The molecule has 0 unspecified atom stereocenters. The van der Waals surface area contributed by atoms with Crippen LogP contribution in [0.4, 0.5) is 30.9 Å². The van der Waals surface area contributed by atoms with E-state index in [1.54, 1.807) is 12.0 Å². The van der Waals surface area contributed by atoms with E-state index in [9.17, 15) is 13.6 Å². The van der Waals surface area contributed by atoms with E-state index in [-0.39, 0.29) is 34.3 Å². The predicted molar refractivity (Wildman–Crippen MR) is 155 cm³/mol. The van der Waals surface area contributed by atoms with E-state index < -0.39 is 23.8 Å². The fourth-order valence-electron chi connectivity index (χ4n) is 5.17. The zero-order valence-corrected chi connectivity index (χ0v) is 25.0. The van der Waals surface area contributed by atoms with Crippen LogP contribution in [0.25, 0.3) is 0 Å². The molecule has 2 aliphatic rings. The molecule has 13 heteroatoms. The molecule has 2 saturated heterocycles. The van der Waals surface area contributed by atoms with Gasteiger partial charge in [0.2, 0.25) is 5.95 Å². The number of hydrogen-bond donors (Lipinski definition) is 1. The van der Waals surface area contributed by atoms with Crippen LogP contribution >= 0.6 is 0 Å². The second-order valence-electron chi connectivity index (χ2n) is 11.6. The number of nitrogens with one attached hydrogen (secondary N) is 1. The standard InChI is InChI=1S/C30H35F2N5O6/c1-29(2,3)43-28(38)37-16-30(17-37)14-36(15-30)21-8-7-18(9-22(21)39-4)35-27-33-11-19(12-34-27)42-13-20-25(31)23(40-5)10-24(41-6)26(20)32/h7-12H,13-17H2,1-6H3,(H,33,34,35). The van der Waals surface area contributed by atoms with Crippen molar-refractivity contribution in [3.63, 3.8) is 0 Å². The lowest BCUT2D eigenvalue weighted by Crippen LogP contribution is -2.73. The first-order valence-corrected chi connectivity index (χ1v) is 13.7. The smallest absolute Gasteiger partial charge is 0.410 e. The number of benzene rings is 2. The Balaban J connectivity index is 1.16. The zero-order chi connectivity index (χ0) is 30.9. The van der Waals surface area contributed by atoms with Crippen molar-refractivity contribution in [2.45, 2.75) is 33.0 Å². The number of amides is 1. The van der Waals surface area contributed by atoms with Gasteiger partial charge in [-0.15, -0.1) is 0 Å². The topological polar surface area (TPSA) is 108 Å². The number of hydrogen-bond acceptors (Lipinski definition) is 10. The molecule has 0 radical (unpaired) electrons. The van der Waals surface area contributed by atoms with Gasteiger partial charge in [-0.1, -0.05) is 0 Å². The fourth-order valence-corrected chi connectivity index (χ4v) is 5.17.